The van der Waals surface area contributed by atoms with Crippen LogP contribution in [0.2, 0.25) is 5.02 Å². The van der Waals surface area contributed by atoms with Gasteiger partial charge in [0, 0.05) is 15.6 Å². The molecule has 0 N–H and O–H groups in total. The maximum absolute atomic E-state index is 13.8. The lowest BCUT2D eigenvalue weighted by atomic mass is 9.94. The van der Waals surface area contributed by atoms with Crippen LogP contribution in [0.5, 0.6) is 0 Å². The average Bonchev–Trinajstić information content (AvgIpc) is 2.34. The smallest absolute Gasteiger partial charge is 0.149 e. The molecule has 0 aliphatic heterocycles. The molecule has 1 aliphatic carbocycles. The van der Waals surface area contributed by atoms with Crippen LogP contribution in [-0.2, 0) is 12.8 Å². The summed E-state index contributed by atoms with van der Waals surface area (Å²) in [4.78, 5) is 4.45. The first-order valence-electron chi connectivity index (χ1n) is 5.63. The van der Waals surface area contributed by atoms with Crippen LogP contribution in [0.4, 0.5) is 4.39 Å². The lowest BCUT2D eigenvalue weighted by molar-refractivity contribution is 0.631. The second-order valence-electron chi connectivity index (χ2n) is 4.31. The number of pyridine rings is 1. The molecule has 4 heteroatoms. The van der Waals surface area contributed by atoms with E-state index in [4.69, 9.17) is 11.6 Å². The summed E-state index contributed by atoms with van der Waals surface area (Å²) in [5.74, 6) is -0.307. The third-order valence-corrected chi connectivity index (χ3v) is 4.33. The molecule has 0 atom stereocenters. The van der Waals surface area contributed by atoms with E-state index in [2.05, 4.69) is 20.9 Å². The van der Waals surface area contributed by atoms with Gasteiger partial charge >= 0.3 is 0 Å². The molecule has 0 fully saturated rings. The molecule has 88 valence electrons. The summed E-state index contributed by atoms with van der Waals surface area (Å²) >= 11 is 9.82. The van der Waals surface area contributed by atoms with Crippen molar-refractivity contribution in [3.63, 3.8) is 0 Å². The summed E-state index contributed by atoms with van der Waals surface area (Å²) in [6.45, 7) is 0. The fourth-order valence-corrected chi connectivity index (χ4v) is 3.42. The molecular weight excluding hydrogens is 305 g/mol. The minimum atomic E-state index is -0.307. The van der Waals surface area contributed by atoms with E-state index in [1.807, 2.05) is 0 Å². The van der Waals surface area contributed by atoms with E-state index in [1.54, 1.807) is 6.07 Å². The number of aromatic nitrogens is 1. The van der Waals surface area contributed by atoms with Gasteiger partial charge in [0.25, 0.3) is 0 Å². The van der Waals surface area contributed by atoms with Crippen molar-refractivity contribution in [3.05, 3.63) is 38.7 Å². The summed E-state index contributed by atoms with van der Waals surface area (Å²) in [6.07, 6.45) is 4.08. The zero-order valence-corrected chi connectivity index (χ0v) is 11.4. The molecule has 17 heavy (non-hydrogen) atoms. The largest absolute Gasteiger partial charge is 0.249 e. The highest BCUT2D eigenvalue weighted by molar-refractivity contribution is 9.10. The molecule has 0 saturated carbocycles. The molecule has 0 saturated heterocycles. The van der Waals surface area contributed by atoms with Crippen molar-refractivity contribution in [1.82, 2.24) is 4.98 Å². The van der Waals surface area contributed by atoms with Gasteiger partial charge in [0.15, 0.2) is 0 Å². The number of nitrogens with zero attached hydrogens (tertiary/aromatic N) is 1. The summed E-state index contributed by atoms with van der Waals surface area (Å²) in [6, 6.07) is 3.10. The molecule has 0 unspecified atom stereocenters. The summed E-state index contributed by atoms with van der Waals surface area (Å²) < 4.78 is 14.6. The van der Waals surface area contributed by atoms with Crippen molar-refractivity contribution in [2.45, 2.75) is 25.7 Å². The quantitative estimate of drug-likeness (QED) is 0.688. The van der Waals surface area contributed by atoms with E-state index in [-0.39, 0.29) is 5.82 Å². The van der Waals surface area contributed by atoms with Crippen LogP contribution in [0, 0.1) is 5.82 Å². The third kappa shape index (κ3) is 1.76. The normalized spacial score (nSPS) is 15.0. The number of hydrogen-bond acceptors (Lipinski definition) is 1. The van der Waals surface area contributed by atoms with Crippen molar-refractivity contribution in [1.29, 1.82) is 0 Å². The van der Waals surface area contributed by atoms with E-state index in [1.165, 1.54) is 6.07 Å². The molecule has 0 amide bonds. The van der Waals surface area contributed by atoms with Crippen LogP contribution in [0.3, 0.4) is 0 Å². The Morgan fingerprint density at radius 1 is 1.24 bits per heavy atom. The van der Waals surface area contributed by atoms with Crippen LogP contribution in [0.1, 0.15) is 24.1 Å². The van der Waals surface area contributed by atoms with E-state index in [0.717, 1.165) is 41.4 Å². The topological polar surface area (TPSA) is 12.9 Å². The second-order valence-corrected chi connectivity index (χ2v) is 5.54. The molecule has 3 rings (SSSR count). The molecule has 1 aromatic carbocycles. The highest BCUT2D eigenvalue weighted by atomic mass is 79.9. The number of fused-ring (bicyclic) bond motifs is 2. The van der Waals surface area contributed by atoms with Gasteiger partial charge in [0.2, 0.25) is 0 Å². The highest BCUT2D eigenvalue weighted by Crippen LogP contribution is 2.37. The molecule has 1 nitrogen and oxygen atoms in total. The minimum absolute atomic E-state index is 0.307. The first kappa shape index (κ1) is 11.4. The van der Waals surface area contributed by atoms with Crippen LogP contribution in [0.25, 0.3) is 10.9 Å². The zero-order chi connectivity index (χ0) is 12.0. The van der Waals surface area contributed by atoms with Crippen LogP contribution in [0.15, 0.2) is 16.6 Å². The maximum Gasteiger partial charge on any atom is 0.149 e. The summed E-state index contributed by atoms with van der Waals surface area (Å²) in [5, 5.41) is 1.36. The number of halogens is 3. The highest BCUT2D eigenvalue weighted by Gasteiger charge is 2.19. The first-order valence-corrected chi connectivity index (χ1v) is 6.80. The average molecular weight is 315 g/mol. The van der Waals surface area contributed by atoms with Crippen molar-refractivity contribution in [2.24, 2.45) is 0 Å². The Morgan fingerprint density at radius 2 is 2.00 bits per heavy atom. The Kier molecular flexibility index (Phi) is 2.83. The molecule has 1 aliphatic rings. The zero-order valence-electron chi connectivity index (χ0n) is 9.06. The van der Waals surface area contributed by atoms with Gasteiger partial charge in [0.1, 0.15) is 11.3 Å². The van der Waals surface area contributed by atoms with Gasteiger partial charge in [-0.2, -0.15) is 0 Å². The Labute approximate surface area is 112 Å². The van der Waals surface area contributed by atoms with Gasteiger partial charge in [-0.1, -0.05) is 27.5 Å². The standard InChI is InChI=1S/C13H10BrClFN/c14-8-5-6-9(16)13-11(8)12(15)7-3-1-2-4-10(7)17-13/h5-6H,1-4H2. The van der Waals surface area contributed by atoms with E-state index in [0.29, 0.717) is 15.9 Å². The van der Waals surface area contributed by atoms with Crippen molar-refractivity contribution in [3.8, 4) is 0 Å². The van der Waals surface area contributed by atoms with Crippen LogP contribution < -0.4 is 0 Å². The Morgan fingerprint density at radius 3 is 2.82 bits per heavy atom. The van der Waals surface area contributed by atoms with E-state index >= 15 is 0 Å². The number of aryl methyl sites for hydroxylation is 1. The van der Waals surface area contributed by atoms with Gasteiger partial charge in [0.05, 0.1) is 5.02 Å². The Bertz CT molecular complexity index is 612. The van der Waals surface area contributed by atoms with Crippen LogP contribution in [-0.4, -0.2) is 4.98 Å². The number of hydrogen-bond donors (Lipinski definition) is 0. The third-order valence-electron chi connectivity index (χ3n) is 3.25. The molecule has 1 heterocycles. The van der Waals surface area contributed by atoms with Crippen molar-refractivity contribution >= 4 is 38.4 Å². The van der Waals surface area contributed by atoms with Gasteiger partial charge in [-0.25, -0.2) is 9.37 Å². The summed E-state index contributed by atoms with van der Waals surface area (Å²) in [7, 11) is 0. The molecule has 0 radical (unpaired) electrons. The summed E-state index contributed by atoms with van der Waals surface area (Å²) in [5.41, 5.74) is 2.44. The molecule has 1 aromatic heterocycles. The SMILES string of the molecule is Fc1ccc(Br)c2c(Cl)c3c(nc12)CCCC3. The van der Waals surface area contributed by atoms with Gasteiger partial charge in [-0.15, -0.1) is 0 Å². The minimum Gasteiger partial charge on any atom is -0.249 e. The maximum atomic E-state index is 13.8. The van der Waals surface area contributed by atoms with Crippen molar-refractivity contribution < 1.29 is 4.39 Å². The monoisotopic (exact) mass is 313 g/mol. The number of rotatable bonds is 0. The Balaban J connectivity index is 2.44. The fourth-order valence-electron chi connectivity index (χ4n) is 2.39. The Hall–Kier alpha value is -0.670. The molecular formula is C13H10BrClFN. The van der Waals surface area contributed by atoms with Crippen molar-refractivity contribution in [2.75, 3.05) is 0 Å². The van der Waals surface area contributed by atoms with Gasteiger partial charge in [-0.3, -0.25) is 0 Å². The predicted octanol–water partition coefficient (Wildman–Crippen LogP) is 4.67. The van der Waals surface area contributed by atoms with Crippen LogP contribution >= 0.6 is 27.5 Å². The van der Waals surface area contributed by atoms with E-state index in [9.17, 15) is 4.39 Å². The number of benzene rings is 1. The lowest BCUT2D eigenvalue weighted by Crippen LogP contribution is -2.07. The fraction of sp³-hybridized carbons (Fsp3) is 0.308. The van der Waals surface area contributed by atoms with Gasteiger partial charge < -0.3 is 0 Å². The molecule has 0 spiro atoms. The first-order chi connectivity index (χ1) is 8.18. The van der Waals surface area contributed by atoms with E-state index < -0.39 is 0 Å². The molecule has 2 aromatic rings. The second kappa shape index (κ2) is 4.21. The lowest BCUT2D eigenvalue weighted by Gasteiger charge is -2.18. The van der Waals surface area contributed by atoms with Gasteiger partial charge in [-0.05, 0) is 43.4 Å². The predicted molar refractivity (Wildman–Crippen MR) is 71.1 cm³/mol. The molecule has 0 bridgehead atoms.